The van der Waals surface area contributed by atoms with Gasteiger partial charge in [-0.15, -0.1) is 0 Å². The molecule has 0 atom stereocenters. The number of rotatable bonds is 6. The zero-order valence-electron chi connectivity index (χ0n) is 15.3. The van der Waals surface area contributed by atoms with E-state index in [2.05, 4.69) is 10.4 Å². The van der Waals surface area contributed by atoms with E-state index in [4.69, 9.17) is 11.6 Å². The molecule has 1 amide bonds. The summed E-state index contributed by atoms with van der Waals surface area (Å²) in [5.41, 5.74) is 1.65. The Morgan fingerprint density at radius 2 is 2.03 bits per heavy atom. The molecule has 148 valence electrons. The molecule has 9 heteroatoms. The van der Waals surface area contributed by atoms with E-state index in [-0.39, 0.29) is 5.69 Å². The molecule has 0 fully saturated rings. The molecule has 0 aliphatic carbocycles. The fourth-order valence-electron chi connectivity index (χ4n) is 2.69. The molecule has 1 aromatic heterocycles. The smallest absolute Gasteiger partial charge is 0.306 e. The van der Waals surface area contributed by atoms with Gasteiger partial charge in [-0.1, -0.05) is 41.9 Å². The number of carbonyl (C=O) groups excluding carboxylic acids is 1. The van der Waals surface area contributed by atoms with Gasteiger partial charge in [0.15, 0.2) is 0 Å². The van der Waals surface area contributed by atoms with Crippen LogP contribution < -0.4 is 5.32 Å². The van der Waals surface area contributed by atoms with Gasteiger partial charge in [0.05, 0.1) is 17.2 Å². The highest BCUT2D eigenvalue weighted by atomic mass is 35.5. The normalized spacial score (nSPS) is 11.0. The van der Waals surface area contributed by atoms with Crippen LogP contribution in [0.2, 0.25) is 5.15 Å². The SMILES string of the molecule is Cc1nn(Cc2ccccc2)c(Cl)c1/C=C/C(=O)Nc1ccc(F)c([N+](=O)[O-])c1. The summed E-state index contributed by atoms with van der Waals surface area (Å²) in [6, 6.07) is 12.8. The number of anilines is 1. The van der Waals surface area contributed by atoms with E-state index in [0.29, 0.717) is 23.0 Å². The second-order valence-electron chi connectivity index (χ2n) is 6.18. The molecule has 7 nitrogen and oxygen atoms in total. The minimum Gasteiger partial charge on any atom is -0.322 e. The van der Waals surface area contributed by atoms with Crippen molar-refractivity contribution in [1.82, 2.24) is 9.78 Å². The van der Waals surface area contributed by atoms with Crippen molar-refractivity contribution in [2.24, 2.45) is 0 Å². The van der Waals surface area contributed by atoms with Crippen LogP contribution in [0.4, 0.5) is 15.8 Å². The third kappa shape index (κ3) is 4.85. The second-order valence-corrected chi connectivity index (χ2v) is 6.54. The number of nitrogens with one attached hydrogen (secondary N) is 1. The Labute approximate surface area is 170 Å². The molecule has 29 heavy (non-hydrogen) atoms. The van der Waals surface area contributed by atoms with Gasteiger partial charge in [0.1, 0.15) is 5.15 Å². The molecule has 0 spiro atoms. The molecule has 0 saturated heterocycles. The number of benzene rings is 2. The lowest BCUT2D eigenvalue weighted by Crippen LogP contribution is -2.08. The third-order valence-corrected chi connectivity index (χ3v) is 4.49. The third-order valence-electron chi connectivity index (χ3n) is 4.10. The number of aromatic nitrogens is 2. The van der Waals surface area contributed by atoms with Crippen molar-refractivity contribution >= 4 is 35.0 Å². The summed E-state index contributed by atoms with van der Waals surface area (Å²) in [6.07, 6.45) is 2.75. The summed E-state index contributed by atoms with van der Waals surface area (Å²) in [5.74, 6) is -1.52. The van der Waals surface area contributed by atoms with Gasteiger partial charge < -0.3 is 5.32 Å². The molecule has 0 aliphatic heterocycles. The summed E-state index contributed by atoms with van der Waals surface area (Å²) in [5, 5.41) is 18.0. The van der Waals surface area contributed by atoms with E-state index in [9.17, 15) is 19.3 Å². The Hall–Kier alpha value is -3.52. The van der Waals surface area contributed by atoms with Crippen molar-refractivity contribution in [3.63, 3.8) is 0 Å². The number of amides is 1. The molecule has 0 unspecified atom stereocenters. The number of carbonyl (C=O) groups is 1. The van der Waals surface area contributed by atoms with Crippen molar-refractivity contribution in [2.75, 3.05) is 5.32 Å². The Kier molecular flexibility index (Phi) is 6.04. The summed E-state index contributed by atoms with van der Waals surface area (Å²) < 4.78 is 15.0. The van der Waals surface area contributed by atoms with Crippen molar-refractivity contribution in [3.05, 3.63) is 92.5 Å². The number of nitrogens with zero attached hydrogens (tertiary/aromatic N) is 3. The Morgan fingerprint density at radius 1 is 1.31 bits per heavy atom. The van der Waals surface area contributed by atoms with Gasteiger partial charge in [-0.3, -0.25) is 14.9 Å². The molecule has 0 radical (unpaired) electrons. The molecule has 0 bridgehead atoms. The van der Waals surface area contributed by atoms with Gasteiger partial charge in [0.25, 0.3) is 0 Å². The predicted molar refractivity (Wildman–Crippen MR) is 108 cm³/mol. The molecule has 3 aromatic rings. The maximum atomic E-state index is 13.4. The van der Waals surface area contributed by atoms with E-state index >= 15 is 0 Å². The minimum atomic E-state index is -0.975. The standard InChI is InChI=1S/C20H16ClFN4O3/c1-13-16(20(21)25(24-13)12-14-5-3-2-4-6-14)8-10-19(27)23-15-7-9-17(22)18(11-15)26(28)29/h2-11H,12H2,1H3,(H,23,27)/b10-8+. The molecule has 3 rings (SSSR count). The van der Waals surface area contributed by atoms with Crippen LogP contribution in [0.25, 0.3) is 6.08 Å². The first kappa shape index (κ1) is 20.2. The first-order valence-corrected chi connectivity index (χ1v) is 8.93. The van der Waals surface area contributed by atoms with E-state index in [0.717, 1.165) is 17.7 Å². The van der Waals surface area contributed by atoms with E-state index < -0.39 is 22.3 Å². The first-order valence-electron chi connectivity index (χ1n) is 8.55. The van der Waals surface area contributed by atoms with Gasteiger partial charge in [0.2, 0.25) is 11.7 Å². The summed E-state index contributed by atoms with van der Waals surface area (Å²) in [7, 11) is 0. The monoisotopic (exact) mass is 414 g/mol. The van der Waals surface area contributed by atoms with E-state index in [1.807, 2.05) is 30.3 Å². The number of hydrogen-bond acceptors (Lipinski definition) is 4. The Morgan fingerprint density at radius 3 is 2.72 bits per heavy atom. The fraction of sp³-hybridized carbons (Fsp3) is 0.100. The van der Waals surface area contributed by atoms with Crippen LogP contribution in [0.5, 0.6) is 0 Å². The average Bonchev–Trinajstić information content (AvgIpc) is 2.95. The van der Waals surface area contributed by atoms with Gasteiger partial charge in [-0.25, -0.2) is 4.68 Å². The molecule has 0 saturated carbocycles. The second kappa shape index (κ2) is 8.66. The predicted octanol–water partition coefficient (Wildman–Crippen LogP) is 4.59. The Balaban J connectivity index is 1.74. The lowest BCUT2D eigenvalue weighted by atomic mass is 10.2. The van der Waals surface area contributed by atoms with Crippen LogP contribution in [0.1, 0.15) is 16.8 Å². The Bertz CT molecular complexity index is 1100. The molecule has 2 aromatic carbocycles. The molecule has 0 aliphatic rings. The van der Waals surface area contributed by atoms with E-state index in [1.165, 1.54) is 18.2 Å². The maximum Gasteiger partial charge on any atom is 0.306 e. The zero-order chi connectivity index (χ0) is 21.0. The zero-order valence-corrected chi connectivity index (χ0v) is 16.1. The van der Waals surface area contributed by atoms with Gasteiger partial charge in [-0.2, -0.15) is 9.49 Å². The van der Waals surface area contributed by atoms with Gasteiger partial charge in [0, 0.05) is 23.4 Å². The quantitative estimate of drug-likeness (QED) is 0.363. The van der Waals surface area contributed by atoms with Crippen LogP contribution in [0.3, 0.4) is 0 Å². The summed E-state index contributed by atoms with van der Waals surface area (Å²) in [4.78, 5) is 22.1. The van der Waals surface area contributed by atoms with Crippen LogP contribution in [0.15, 0.2) is 54.6 Å². The van der Waals surface area contributed by atoms with Crippen LogP contribution in [-0.2, 0) is 11.3 Å². The lowest BCUT2D eigenvalue weighted by molar-refractivity contribution is -0.387. The van der Waals surface area contributed by atoms with Crippen molar-refractivity contribution in [3.8, 4) is 0 Å². The largest absolute Gasteiger partial charge is 0.322 e. The summed E-state index contributed by atoms with van der Waals surface area (Å²) in [6.45, 7) is 2.26. The topological polar surface area (TPSA) is 90.1 Å². The molecule has 1 heterocycles. The lowest BCUT2D eigenvalue weighted by Gasteiger charge is -2.03. The number of aryl methyl sites for hydroxylation is 1. The van der Waals surface area contributed by atoms with Crippen LogP contribution in [0, 0.1) is 22.9 Å². The van der Waals surface area contributed by atoms with Crippen LogP contribution in [-0.4, -0.2) is 20.6 Å². The van der Waals surface area contributed by atoms with E-state index in [1.54, 1.807) is 11.6 Å². The molecule has 1 N–H and O–H groups in total. The molecular formula is C20H16ClFN4O3. The fourth-order valence-corrected chi connectivity index (χ4v) is 2.99. The minimum absolute atomic E-state index is 0.107. The van der Waals surface area contributed by atoms with Crippen LogP contribution >= 0.6 is 11.6 Å². The number of halogens is 2. The van der Waals surface area contributed by atoms with Crippen molar-refractivity contribution in [1.29, 1.82) is 0 Å². The van der Waals surface area contributed by atoms with Crippen molar-refractivity contribution < 1.29 is 14.1 Å². The highest BCUT2D eigenvalue weighted by molar-refractivity contribution is 6.31. The van der Waals surface area contributed by atoms with Crippen molar-refractivity contribution in [2.45, 2.75) is 13.5 Å². The number of hydrogen-bond donors (Lipinski definition) is 1. The van der Waals surface area contributed by atoms with Gasteiger partial charge in [-0.05, 0) is 30.7 Å². The molecular weight excluding hydrogens is 399 g/mol. The highest BCUT2D eigenvalue weighted by Gasteiger charge is 2.15. The maximum absolute atomic E-state index is 13.4. The number of nitro groups is 1. The summed E-state index contributed by atoms with van der Waals surface area (Å²) >= 11 is 6.40. The highest BCUT2D eigenvalue weighted by Crippen LogP contribution is 2.23. The number of nitro benzene ring substituents is 1. The average molecular weight is 415 g/mol. The first-order chi connectivity index (χ1) is 13.8. The van der Waals surface area contributed by atoms with Gasteiger partial charge >= 0.3 is 5.69 Å².